The highest BCUT2D eigenvalue weighted by Gasteiger charge is 2.31. The van der Waals surface area contributed by atoms with Crippen molar-refractivity contribution in [1.82, 2.24) is 0 Å². The van der Waals surface area contributed by atoms with Crippen molar-refractivity contribution in [2.75, 3.05) is 14.2 Å². The topological polar surface area (TPSA) is 71.1 Å². The van der Waals surface area contributed by atoms with Crippen molar-refractivity contribution >= 4 is 17.8 Å². The molecule has 0 unspecified atom stereocenters. The maximum Gasteiger partial charge on any atom is 0.315 e. The van der Waals surface area contributed by atoms with Crippen LogP contribution in [0, 0.1) is 6.92 Å². The number of rotatable bonds is 6. The number of Topliss-reactive ketones (excluding diaryl/α,β-unsaturated/α-hetero) is 1. The number of carbonyl (C=O) groups is 2. The Bertz CT molecular complexity index is 1210. The Kier molecular flexibility index (Phi) is 5.94. The first-order chi connectivity index (χ1) is 15.5. The maximum atomic E-state index is 12.9. The van der Waals surface area contributed by atoms with Crippen LogP contribution in [0.2, 0.25) is 0 Å². The molecule has 6 nitrogen and oxygen atoms in total. The van der Waals surface area contributed by atoms with Crippen LogP contribution < -0.4 is 18.9 Å². The first kappa shape index (κ1) is 21.2. The van der Waals surface area contributed by atoms with Gasteiger partial charge in [0.1, 0.15) is 11.5 Å². The van der Waals surface area contributed by atoms with E-state index in [1.165, 1.54) is 7.11 Å². The normalized spacial score (nSPS) is 13.5. The van der Waals surface area contributed by atoms with Gasteiger partial charge in [0.2, 0.25) is 5.78 Å². The molecule has 0 amide bonds. The number of hydrogen-bond acceptors (Lipinski definition) is 6. The molecular weight excluding hydrogens is 408 g/mol. The fourth-order valence-corrected chi connectivity index (χ4v) is 3.57. The first-order valence-electron chi connectivity index (χ1n) is 10.0. The van der Waals surface area contributed by atoms with Gasteiger partial charge in [-0.25, -0.2) is 0 Å². The standard InChI is InChI=1S/C26H22O6/c1-16-20(31-23(27)14-17-8-5-4-6-9-17)13-12-19-24(28)22(32-25(16)19)15-18-10-7-11-21(29-2)26(18)30-3/h4-13,15H,14H2,1-3H3/b22-15-. The molecular formula is C26H22O6. The highest BCUT2D eigenvalue weighted by Crippen LogP contribution is 2.40. The largest absolute Gasteiger partial charge is 0.493 e. The number of carbonyl (C=O) groups excluding carboxylic acids is 2. The fraction of sp³-hybridized carbons (Fsp3) is 0.154. The summed E-state index contributed by atoms with van der Waals surface area (Å²) >= 11 is 0. The number of para-hydroxylation sites is 1. The summed E-state index contributed by atoms with van der Waals surface area (Å²) in [4.78, 5) is 25.3. The van der Waals surface area contributed by atoms with Crippen molar-refractivity contribution in [1.29, 1.82) is 0 Å². The van der Waals surface area contributed by atoms with Gasteiger partial charge in [-0.2, -0.15) is 0 Å². The molecule has 0 radical (unpaired) electrons. The summed E-state index contributed by atoms with van der Waals surface area (Å²) in [6, 6.07) is 18.0. The average Bonchev–Trinajstić information content (AvgIpc) is 3.12. The van der Waals surface area contributed by atoms with Crippen LogP contribution in [0.1, 0.15) is 27.0 Å². The molecule has 162 valence electrons. The van der Waals surface area contributed by atoms with Gasteiger partial charge in [0.15, 0.2) is 17.3 Å². The summed E-state index contributed by atoms with van der Waals surface area (Å²) in [5, 5.41) is 0. The second-order valence-corrected chi connectivity index (χ2v) is 7.22. The van der Waals surface area contributed by atoms with Gasteiger partial charge < -0.3 is 18.9 Å². The van der Waals surface area contributed by atoms with Gasteiger partial charge in [0.05, 0.1) is 26.2 Å². The van der Waals surface area contributed by atoms with Crippen LogP contribution in [0.25, 0.3) is 6.08 Å². The van der Waals surface area contributed by atoms with E-state index in [1.807, 2.05) is 30.3 Å². The lowest BCUT2D eigenvalue weighted by Gasteiger charge is -2.11. The Morgan fingerprint density at radius 1 is 0.938 bits per heavy atom. The minimum absolute atomic E-state index is 0.151. The van der Waals surface area contributed by atoms with E-state index in [9.17, 15) is 9.59 Å². The summed E-state index contributed by atoms with van der Waals surface area (Å²) in [6.45, 7) is 1.76. The molecule has 32 heavy (non-hydrogen) atoms. The molecule has 0 spiro atoms. The number of esters is 1. The van der Waals surface area contributed by atoms with Crippen LogP contribution in [-0.2, 0) is 11.2 Å². The van der Waals surface area contributed by atoms with E-state index in [4.69, 9.17) is 18.9 Å². The summed E-state index contributed by atoms with van der Waals surface area (Å²) in [7, 11) is 3.08. The Morgan fingerprint density at radius 3 is 2.44 bits per heavy atom. The number of allylic oxidation sites excluding steroid dienone is 1. The Morgan fingerprint density at radius 2 is 1.72 bits per heavy atom. The van der Waals surface area contributed by atoms with Crippen LogP contribution in [0.15, 0.2) is 66.4 Å². The zero-order chi connectivity index (χ0) is 22.7. The van der Waals surface area contributed by atoms with Gasteiger partial charge in [-0.1, -0.05) is 42.5 Å². The van der Waals surface area contributed by atoms with E-state index in [1.54, 1.807) is 50.4 Å². The number of benzene rings is 3. The van der Waals surface area contributed by atoms with Crippen molar-refractivity contribution < 1.29 is 28.5 Å². The van der Waals surface area contributed by atoms with E-state index in [0.29, 0.717) is 39.7 Å². The summed E-state index contributed by atoms with van der Waals surface area (Å²) < 4.78 is 22.2. The first-order valence-corrected chi connectivity index (χ1v) is 10.0. The van der Waals surface area contributed by atoms with Crippen LogP contribution in [0.4, 0.5) is 0 Å². The monoisotopic (exact) mass is 430 g/mol. The zero-order valence-corrected chi connectivity index (χ0v) is 18.0. The van der Waals surface area contributed by atoms with E-state index in [-0.39, 0.29) is 23.9 Å². The van der Waals surface area contributed by atoms with Gasteiger partial charge in [0.25, 0.3) is 0 Å². The van der Waals surface area contributed by atoms with Crippen LogP contribution in [-0.4, -0.2) is 26.0 Å². The molecule has 1 heterocycles. The van der Waals surface area contributed by atoms with Gasteiger partial charge in [-0.15, -0.1) is 0 Å². The molecule has 4 rings (SSSR count). The summed E-state index contributed by atoms with van der Waals surface area (Å²) in [5.41, 5.74) is 2.51. The minimum atomic E-state index is -0.388. The predicted molar refractivity (Wildman–Crippen MR) is 119 cm³/mol. The molecule has 3 aromatic rings. The van der Waals surface area contributed by atoms with Crippen LogP contribution in [0.3, 0.4) is 0 Å². The van der Waals surface area contributed by atoms with Gasteiger partial charge in [0, 0.05) is 11.1 Å². The average molecular weight is 430 g/mol. The van der Waals surface area contributed by atoms with Crippen molar-refractivity contribution in [3.8, 4) is 23.0 Å². The highest BCUT2D eigenvalue weighted by atomic mass is 16.5. The molecule has 0 atom stereocenters. The van der Waals surface area contributed by atoms with Crippen molar-refractivity contribution in [3.05, 3.63) is 88.7 Å². The van der Waals surface area contributed by atoms with E-state index >= 15 is 0 Å². The predicted octanol–water partition coefficient (Wildman–Crippen LogP) is 4.78. The number of ether oxygens (including phenoxy) is 4. The molecule has 0 saturated carbocycles. The minimum Gasteiger partial charge on any atom is -0.493 e. The molecule has 0 bridgehead atoms. The molecule has 0 aliphatic carbocycles. The second-order valence-electron chi connectivity index (χ2n) is 7.22. The Balaban J connectivity index is 1.59. The molecule has 0 saturated heterocycles. The second kappa shape index (κ2) is 8.98. The Hall–Kier alpha value is -4.06. The summed E-state index contributed by atoms with van der Waals surface area (Å²) in [6.07, 6.45) is 1.77. The fourth-order valence-electron chi connectivity index (χ4n) is 3.57. The van der Waals surface area contributed by atoms with Crippen molar-refractivity contribution in [2.45, 2.75) is 13.3 Å². The Labute approximate surface area is 186 Å². The SMILES string of the molecule is COc1cccc(/C=C2\Oc3c(ccc(OC(=O)Cc4ccccc4)c3C)C2=O)c1OC. The molecule has 3 aromatic carbocycles. The quantitative estimate of drug-likeness (QED) is 0.319. The maximum absolute atomic E-state index is 12.9. The molecule has 0 fully saturated rings. The lowest BCUT2D eigenvalue weighted by molar-refractivity contribution is -0.133. The molecule has 1 aliphatic rings. The van der Waals surface area contributed by atoms with Gasteiger partial charge in [-0.05, 0) is 36.8 Å². The summed E-state index contributed by atoms with van der Waals surface area (Å²) in [5.74, 6) is 1.31. The van der Waals surface area contributed by atoms with Gasteiger partial charge >= 0.3 is 5.97 Å². The highest BCUT2D eigenvalue weighted by molar-refractivity contribution is 6.15. The van der Waals surface area contributed by atoms with Crippen LogP contribution in [0.5, 0.6) is 23.0 Å². The third kappa shape index (κ3) is 4.07. The van der Waals surface area contributed by atoms with E-state index in [2.05, 4.69) is 0 Å². The van der Waals surface area contributed by atoms with E-state index in [0.717, 1.165) is 5.56 Å². The third-order valence-corrected chi connectivity index (χ3v) is 5.17. The molecule has 0 N–H and O–H groups in total. The van der Waals surface area contributed by atoms with Crippen molar-refractivity contribution in [3.63, 3.8) is 0 Å². The molecule has 0 aromatic heterocycles. The lowest BCUT2D eigenvalue weighted by atomic mass is 10.1. The molecule has 6 heteroatoms. The van der Waals surface area contributed by atoms with Crippen molar-refractivity contribution in [2.24, 2.45) is 0 Å². The smallest absolute Gasteiger partial charge is 0.315 e. The number of methoxy groups -OCH3 is 2. The van der Waals surface area contributed by atoms with E-state index < -0.39 is 0 Å². The third-order valence-electron chi connectivity index (χ3n) is 5.17. The molecule has 1 aliphatic heterocycles. The lowest BCUT2D eigenvalue weighted by Crippen LogP contribution is -2.12. The number of hydrogen-bond donors (Lipinski definition) is 0. The van der Waals surface area contributed by atoms with Crippen LogP contribution >= 0.6 is 0 Å². The number of fused-ring (bicyclic) bond motifs is 1. The number of ketones is 1. The zero-order valence-electron chi connectivity index (χ0n) is 18.0. The van der Waals surface area contributed by atoms with Gasteiger partial charge in [-0.3, -0.25) is 9.59 Å².